The molecule has 1 aromatic rings. The summed E-state index contributed by atoms with van der Waals surface area (Å²) in [6.07, 6.45) is -4.27. The third-order valence-corrected chi connectivity index (χ3v) is 7.57. The van der Waals surface area contributed by atoms with E-state index in [4.69, 9.17) is 19.4 Å². The van der Waals surface area contributed by atoms with Crippen LogP contribution in [0.3, 0.4) is 0 Å². The predicted molar refractivity (Wildman–Crippen MR) is 91.7 cm³/mol. The predicted octanol–water partition coefficient (Wildman–Crippen LogP) is -2.33. The molecule has 1 saturated heterocycles. The lowest BCUT2D eigenvalue weighted by molar-refractivity contribution is -0.136. The van der Waals surface area contributed by atoms with Crippen molar-refractivity contribution in [1.82, 2.24) is 9.55 Å². The van der Waals surface area contributed by atoms with Gasteiger partial charge >= 0.3 is 29.2 Å². The van der Waals surface area contributed by atoms with Gasteiger partial charge in [0.1, 0.15) is 18.3 Å². The SMILES string of the molecule is C[C@@]1(n2ccc(=O)[nH]c2=O)O[C@H](COP(=O)(O)OP(=O)(O)OP(=O)(O)O)[C@@H](O)[C@H]1O. The molecular weight excluding hydrogens is 481 g/mol. The van der Waals surface area contributed by atoms with Gasteiger partial charge in [-0.2, -0.15) is 8.62 Å². The molecule has 0 aliphatic carbocycles. The largest absolute Gasteiger partial charge is 0.490 e. The first-order chi connectivity index (χ1) is 13.5. The van der Waals surface area contributed by atoms with Crippen LogP contribution in [0.5, 0.6) is 0 Å². The Morgan fingerprint density at radius 3 is 2.27 bits per heavy atom. The molecule has 0 saturated carbocycles. The molecule has 6 atom stereocenters. The van der Waals surface area contributed by atoms with Crippen LogP contribution in [-0.2, 0) is 37.3 Å². The van der Waals surface area contributed by atoms with Crippen LogP contribution in [0.1, 0.15) is 6.92 Å². The Morgan fingerprint density at radius 2 is 1.73 bits per heavy atom. The van der Waals surface area contributed by atoms with Crippen molar-refractivity contribution < 1.29 is 61.4 Å². The fourth-order valence-electron chi connectivity index (χ4n) is 2.54. The second kappa shape index (κ2) is 8.48. The fourth-order valence-corrected chi connectivity index (χ4v) is 5.57. The zero-order chi connectivity index (χ0) is 23.1. The van der Waals surface area contributed by atoms with Crippen molar-refractivity contribution in [2.75, 3.05) is 6.61 Å². The topological polar surface area (TPSA) is 264 Å². The highest BCUT2D eigenvalue weighted by molar-refractivity contribution is 7.66. The van der Waals surface area contributed by atoms with E-state index < -0.39 is 65.4 Å². The van der Waals surface area contributed by atoms with Crippen LogP contribution in [0.2, 0.25) is 0 Å². The number of phosphoric acid groups is 3. The van der Waals surface area contributed by atoms with Crippen molar-refractivity contribution in [3.63, 3.8) is 0 Å². The van der Waals surface area contributed by atoms with E-state index in [0.717, 1.165) is 23.8 Å². The number of aliphatic hydroxyl groups excluding tert-OH is 2. The summed E-state index contributed by atoms with van der Waals surface area (Å²) in [6.45, 7) is 0.0844. The summed E-state index contributed by atoms with van der Waals surface area (Å²) in [5.74, 6) is 0. The molecule has 17 nitrogen and oxygen atoms in total. The maximum Gasteiger partial charge on any atom is 0.490 e. The van der Waals surface area contributed by atoms with Gasteiger partial charge in [0, 0.05) is 12.3 Å². The van der Waals surface area contributed by atoms with Crippen molar-refractivity contribution in [2.24, 2.45) is 0 Å². The number of nitrogens with zero attached hydrogens (tertiary/aromatic N) is 1. The summed E-state index contributed by atoms with van der Waals surface area (Å²) in [6, 6.07) is 0.925. The summed E-state index contributed by atoms with van der Waals surface area (Å²) in [4.78, 5) is 60.4. The van der Waals surface area contributed by atoms with E-state index in [1.807, 2.05) is 4.98 Å². The van der Waals surface area contributed by atoms with Crippen molar-refractivity contribution in [3.8, 4) is 0 Å². The Morgan fingerprint density at radius 1 is 1.13 bits per heavy atom. The number of aliphatic hydroxyl groups is 2. The molecule has 1 aliphatic heterocycles. The van der Waals surface area contributed by atoms with Crippen LogP contribution in [0.4, 0.5) is 0 Å². The molecule has 20 heteroatoms. The van der Waals surface area contributed by atoms with Crippen molar-refractivity contribution in [2.45, 2.75) is 31.0 Å². The van der Waals surface area contributed by atoms with E-state index >= 15 is 0 Å². The van der Waals surface area contributed by atoms with Gasteiger partial charge in [-0.25, -0.2) is 18.5 Å². The number of nitrogens with one attached hydrogen (secondary N) is 1. The molecule has 172 valence electrons. The lowest BCUT2D eigenvalue weighted by Crippen LogP contribution is -2.49. The molecule has 2 unspecified atom stereocenters. The van der Waals surface area contributed by atoms with Crippen molar-refractivity contribution in [1.29, 1.82) is 0 Å². The number of H-pyrrole nitrogens is 1. The first-order valence-electron chi connectivity index (χ1n) is 7.60. The Hall–Kier alpha value is -1.03. The average Bonchev–Trinajstić information content (AvgIpc) is 2.74. The van der Waals surface area contributed by atoms with Crippen LogP contribution >= 0.6 is 23.5 Å². The minimum atomic E-state index is -5.74. The number of hydrogen-bond donors (Lipinski definition) is 7. The van der Waals surface area contributed by atoms with Crippen LogP contribution in [-0.4, -0.2) is 64.3 Å². The second-order valence-corrected chi connectivity index (χ2v) is 10.4. The van der Waals surface area contributed by atoms with Gasteiger partial charge in [-0.3, -0.25) is 18.9 Å². The molecule has 0 amide bonds. The molecule has 1 fully saturated rings. The van der Waals surface area contributed by atoms with Gasteiger partial charge in [-0.1, -0.05) is 0 Å². The van der Waals surface area contributed by atoms with Gasteiger partial charge < -0.3 is 34.5 Å². The first-order valence-corrected chi connectivity index (χ1v) is 12.1. The normalized spacial score (nSPS) is 31.2. The smallest absolute Gasteiger partial charge is 0.387 e. The maximum absolute atomic E-state index is 11.9. The van der Waals surface area contributed by atoms with Gasteiger partial charge in [0.15, 0.2) is 5.72 Å². The molecule has 0 aromatic carbocycles. The molecule has 1 aliphatic rings. The quantitative estimate of drug-likeness (QED) is 0.185. The fraction of sp³-hybridized carbons (Fsp3) is 0.600. The lowest BCUT2D eigenvalue weighted by Gasteiger charge is -2.29. The van der Waals surface area contributed by atoms with Crippen molar-refractivity contribution in [3.05, 3.63) is 33.1 Å². The monoisotopic (exact) mass is 498 g/mol. The summed E-state index contributed by atoms with van der Waals surface area (Å²) in [5, 5.41) is 20.3. The lowest BCUT2D eigenvalue weighted by atomic mass is 10.0. The Kier molecular flexibility index (Phi) is 7.14. The molecule has 0 bridgehead atoms. The molecule has 0 radical (unpaired) electrons. The van der Waals surface area contributed by atoms with E-state index in [2.05, 4.69) is 13.1 Å². The molecule has 2 rings (SSSR count). The summed E-state index contributed by atoms with van der Waals surface area (Å²) < 4.78 is 51.0. The number of aromatic nitrogens is 2. The molecule has 30 heavy (non-hydrogen) atoms. The number of aromatic amines is 1. The van der Waals surface area contributed by atoms with Gasteiger partial charge in [0.2, 0.25) is 0 Å². The summed E-state index contributed by atoms with van der Waals surface area (Å²) >= 11 is 0. The second-order valence-electron chi connectivity index (χ2n) is 6.01. The van der Waals surface area contributed by atoms with Gasteiger partial charge in [0.05, 0.1) is 6.61 Å². The molecular formula is C10H17N2O15P3. The van der Waals surface area contributed by atoms with Crippen molar-refractivity contribution >= 4 is 23.5 Å². The van der Waals surface area contributed by atoms with E-state index in [1.54, 1.807) is 0 Å². The zero-order valence-corrected chi connectivity index (χ0v) is 17.4. The number of phosphoric ester groups is 1. The minimum Gasteiger partial charge on any atom is -0.387 e. The maximum atomic E-state index is 11.9. The van der Waals surface area contributed by atoms with Crippen LogP contribution in [0, 0.1) is 0 Å². The Balaban J connectivity index is 2.13. The Bertz CT molecular complexity index is 1050. The van der Waals surface area contributed by atoms with Gasteiger partial charge in [-0.15, -0.1) is 0 Å². The minimum absolute atomic E-state index is 0.729. The molecule has 7 N–H and O–H groups in total. The standard InChI is InChI=1S/C10H17N2O15P3/c1-10(12-3-2-6(13)11-9(12)16)8(15)7(14)5(25-10)4-24-29(20,21)27-30(22,23)26-28(17,18)19/h2-3,5,7-8,14-15H,4H2,1H3,(H,20,21)(H,22,23)(H,11,13,16)(H2,17,18,19)/t5-,7-,8-,10-/m1/s1. The highest BCUT2D eigenvalue weighted by Gasteiger charge is 2.53. The van der Waals surface area contributed by atoms with Crippen LogP contribution < -0.4 is 11.2 Å². The van der Waals surface area contributed by atoms with E-state index in [9.17, 15) is 38.4 Å². The van der Waals surface area contributed by atoms with E-state index in [-0.39, 0.29) is 0 Å². The Labute approximate surface area is 165 Å². The summed E-state index contributed by atoms with van der Waals surface area (Å²) in [7, 11) is -16.8. The molecule has 0 spiro atoms. The average molecular weight is 498 g/mol. The van der Waals surface area contributed by atoms with E-state index in [1.165, 1.54) is 0 Å². The first kappa shape index (κ1) is 25.2. The van der Waals surface area contributed by atoms with Crippen LogP contribution in [0.25, 0.3) is 0 Å². The van der Waals surface area contributed by atoms with E-state index in [0.29, 0.717) is 0 Å². The highest BCUT2D eigenvalue weighted by atomic mass is 31.3. The van der Waals surface area contributed by atoms with Crippen LogP contribution in [0.15, 0.2) is 21.9 Å². The number of rotatable bonds is 8. The summed E-state index contributed by atoms with van der Waals surface area (Å²) in [5.41, 5.74) is -3.73. The van der Waals surface area contributed by atoms with Gasteiger partial charge in [-0.05, 0) is 6.92 Å². The van der Waals surface area contributed by atoms with Gasteiger partial charge in [0.25, 0.3) is 5.56 Å². The molecule has 1 aromatic heterocycles. The zero-order valence-electron chi connectivity index (χ0n) is 14.7. The number of ether oxygens (including phenoxy) is 1. The third-order valence-electron chi connectivity index (χ3n) is 3.76. The highest BCUT2D eigenvalue weighted by Crippen LogP contribution is 2.66. The third kappa shape index (κ3) is 6.02. The molecule has 2 heterocycles. The number of hydrogen-bond acceptors (Lipinski definition) is 11.